The number of hydrogen-bond acceptors (Lipinski definition) is 12. The normalized spacial score (nSPS) is 22.0. The van der Waals surface area contributed by atoms with E-state index in [9.17, 15) is 47.9 Å². The highest BCUT2D eigenvalue weighted by Crippen LogP contribution is 2.67. The molecule has 2 heterocycles. The van der Waals surface area contributed by atoms with Crippen LogP contribution in [-0.4, -0.2) is 53.9 Å². The fourth-order valence-electron chi connectivity index (χ4n) is 4.66. The number of aromatic nitrogens is 2. The number of nitrogens with zero attached hydrogens (tertiary/aromatic N) is 1. The van der Waals surface area contributed by atoms with Crippen LogP contribution < -0.4 is 11.2 Å². The van der Waals surface area contributed by atoms with Gasteiger partial charge in [-0.3, -0.25) is 28.2 Å². The van der Waals surface area contributed by atoms with E-state index in [1.807, 2.05) is 0 Å². The van der Waals surface area contributed by atoms with Crippen LogP contribution in [0.15, 0.2) is 40.1 Å². The predicted molar refractivity (Wildman–Crippen MR) is 166 cm³/mol. The average molecular weight is 727 g/mol. The quantitative estimate of drug-likeness (QED) is 0.0721. The van der Waals surface area contributed by atoms with Gasteiger partial charge in [-0.2, -0.15) is 8.62 Å². The van der Waals surface area contributed by atoms with Gasteiger partial charge in [-0.1, -0.05) is 69.7 Å². The molecule has 20 heteroatoms. The van der Waals surface area contributed by atoms with Gasteiger partial charge >= 0.3 is 29.2 Å². The lowest BCUT2D eigenvalue weighted by Gasteiger charge is -2.20. The Kier molecular flexibility index (Phi) is 14.7. The maximum absolute atomic E-state index is 12.4. The minimum absolute atomic E-state index is 0.0515. The second-order valence-electron chi connectivity index (χ2n) is 11.0. The van der Waals surface area contributed by atoms with E-state index in [1.165, 1.54) is 56.6 Å². The number of H-pyrrole nitrogens is 1. The average Bonchev–Trinajstić information content (AvgIpc) is 3.35. The lowest BCUT2D eigenvalue weighted by molar-refractivity contribution is -0.0450. The number of ketones is 1. The van der Waals surface area contributed by atoms with Gasteiger partial charge in [0, 0.05) is 30.2 Å². The van der Waals surface area contributed by atoms with Crippen molar-refractivity contribution in [1.29, 1.82) is 0 Å². The van der Waals surface area contributed by atoms with Gasteiger partial charge in [0.1, 0.15) is 12.3 Å². The minimum atomic E-state index is -5.76. The Labute approximate surface area is 270 Å². The van der Waals surface area contributed by atoms with Crippen LogP contribution in [0.2, 0.25) is 0 Å². The van der Waals surface area contributed by atoms with E-state index in [-0.39, 0.29) is 17.8 Å². The third kappa shape index (κ3) is 13.0. The molecule has 1 aromatic heterocycles. The SMILES string of the molecule is CCCCCCCCCC(=O)c1ccc(COP(=O)(O)OP(=O)(O)OP(=O)(O)OC[C@H]2O[C@@H](n3cc(C)c(=O)[nH]c3=O)C[C@@H]2O)cc1. The molecule has 2 aromatic rings. The zero-order chi connectivity index (χ0) is 34.8. The van der Waals surface area contributed by atoms with E-state index in [0.29, 0.717) is 17.5 Å². The van der Waals surface area contributed by atoms with Crippen LogP contribution in [0.3, 0.4) is 0 Å². The van der Waals surface area contributed by atoms with Gasteiger partial charge in [-0.05, 0) is 18.9 Å². The number of aromatic amines is 1. The van der Waals surface area contributed by atoms with E-state index in [2.05, 4.69) is 25.1 Å². The monoisotopic (exact) mass is 726 g/mol. The number of ether oxygens (including phenoxy) is 1. The number of aliphatic hydroxyl groups excluding tert-OH is 1. The van der Waals surface area contributed by atoms with Crippen LogP contribution in [0.4, 0.5) is 0 Å². The van der Waals surface area contributed by atoms with Gasteiger partial charge < -0.3 is 24.5 Å². The number of benzene rings is 1. The summed E-state index contributed by atoms with van der Waals surface area (Å²) in [6.07, 6.45) is 5.19. The van der Waals surface area contributed by atoms with E-state index in [1.54, 1.807) is 0 Å². The van der Waals surface area contributed by atoms with Gasteiger partial charge in [-0.25, -0.2) is 18.5 Å². The van der Waals surface area contributed by atoms with Gasteiger partial charge in [-0.15, -0.1) is 0 Å². The summed E-state index contributed by atoms with van der Waals surface area (Å²) in [5.41, 5.74) is -0.508. The topological polar surface area (TPSA) is 250 Å². The highest BCUT2D eigenvalue weighted by molar-refractivity contribution is 7.66. The van der Waals surface area contributed by atoms with Crippen molar-refractivity contribution in [3.8, 4) is 0 Å². The van der Waals surface area contributed by atoms with Crippen molar-refractivity contribution < 1.29 is 60.7 Å². The summed E-state index contributed by atoms with van der Waals surface area (Å²) in [5, 5.41) is 10.3. The van der Waals surface area contributed by atoms with Crippen molar-refractivity contribution >= 4 is 29.3 Å². The van der Waals surface area contributed by atoms with Crippen molar-refractivity contribution in [3.05, 3.63) is 68.0 Å². The van der Waals surface area contributed by atoms with Crippen LogP contribution >= 0.6 is 23.5 Å². The Morgan fingerprint density at radius 3 is 2.17 bits per heavy atom. The molecule has 0 aliphatic carbocycles. The first-order valence-corrected chi connectivity index (χ1v) is 19.5. The smallest absolute Gasteiger partial charge is 0.390 e. The number of carbonyl (C=O) groups excluding carboxylic acids is 1. The molecule has 3 unspecified atom stereocenters. The Morgan fingerprint density at radius 2 is 1.53 bits per heavy atom. The lowest BCUT2D eigenvalue weighted by atomic mass is 10.0. The van der Waals surface area contributed by atoms with Crippen molar-refractivity contribution in [1.82, 2.24) is 9.55 Å². The second kappa shape index (κ2) is 17.5. The third-order valence-corrected chi connectivity index (χ3v) is 11.4. The molecule has 6 atom stereocenters. The first-order chi connectivity index (χ1) is 22.0. The molecule has 1 aliphatic rings. The first kappa shape index (κ1) is 39.3. The number of Topliss-reactive ketones (excluding diaryl/α,β-unsaturated/α-hetero) is 1. The maximum Gasteiger partial charge on any atom is 0.490 e. The number of phosphoric acid groups is 3. The third-order valence-electron chi connectivity index (χ3n) is 7.15. The summed E-state index contributed by atoms with van der Waals surface area (Å²) in [6.45, 7) is 2.11. The van der Waals surface area contributed by atoms with Crippen LogP contribution in [-0.2, 0) is 42.7 Å². The molecule has 1 saturated heterocycles. The molecule has 0 saturated carbocycles. The largest absolute Gasteiger partial charge is 0.490 e. The summed E-state index contributed by atoms with van der Waals surface area (Å²) in [5.74, 6) is -0.0515. The van der Waals surface area contributed by atoms with Gasteiger partial charge in [0.25, 0.3) is 5.56 Å². The molecule has 1 fully saturated rings. The highest BCUT2D eigenvalue weighted by atomic mass is 31.3. The van der Waals surface area contributed by atoms with Gasteiger partial charge in [0.2, 0.25) is 0 Å². The van der Waals surface area contributed by atoms with Crippen LogP contribution in [0, 0.1) is 6.92 Å². The Balaban J connectivity index is 1.44. The van der Waals surface area contributed by atoms with Crippen LogP contribution in [0.25, 0.3) is 0 Å². The maximum atomic E-state index is 12.4. The number of rotatable bonds is 20. The van der Waals surface area contributed by atoms with Gasteiger partial charge in [0.15, 0.2) is 5.78 Å². The van der Waals surface area contributed by atoms with E-state index in [0.717, 1.165) is 30.3 Å². The summed E-state index contributed by atoms with van der Waals surface area (Å²) < 4.78 is 60.8. The molecule has 17 nitrogen and oxygen atoms in total. The van der Waals surface area contributed by atoms with Crippen molar-refractivity contribution in [3.63, 3.8) is 0 Å². The van der Waals surface area contributed by atoms with Gasteiger partial charge in [0.05, 0.1) is 19.3 Å². The van der Waals surface area contributed by atoms with E-state index >= 15 is 0 Å². The molecular formula is C27H41N2O15P3. The van der Waals surface area contributed by atoms with E-state index < -0.39 is 66.4 Å². The van der Waals surface area contributed by atoms with Crippen molar-refractivity contribution in [2.45, 2.75) is 96.7 Å². The summed E-state index contributed by atoms with van der Waals surface area (Å²) in [6, 6.07) is 5.94. The van der Waals surface area contributed by atoms with E-state index in [4.69, 9.17) is 9.26 Å². The molecule has 3 rings (SSSR count). The minimum Gasteiger partial charge on any atom is -0.390 e. The van der Waals surface area contributed by atoms with Crippen molar-refractivity contribution in [2.24, 2.45) is 0 Å². The zero-order valence-electron chi connectivity index (χ0n) is 26.0. The Morgan fingerprint density at radius 1 is 0.936 bits per heavy atom. The summed E-state index contributed by atoms with van der Waals surface area (Å²) >= 11 is 0. The number of nitrogens with one attached hydrogen (secondary N) is 1. The molecule has 0 spiro atoms. The summed E-state index contributed by atoms with van der Waals surface area (Å²) in [7, 11) is -16.6. The number of phosphoric ester groups is 2. The number of unbranched alkanes of at least 4 members (excludes halogenated alkanes) is 6. The highest BCUT2D eigenvalue weighted by Gasteiger charge is 2.44. The molecule has 1 aliphatic heterocycles. The molecule has 0 bridgehead atoms. The lowest BCUT2D eigenvalue weighted by Crippen LogP contribution is -2.33. The predicted octanol–water partition coefficient (Wildman–Crippen LogP) is 4.38. The molecule has 0 radical (unpaired) electrons. The fraction of sp³-hybridized carbons (Fsp3) is 0.593. The Hall–Kier alpha value is -2.10. The number of aryl methyl sites for hydroxylation is 1. The molecular weight excluding hydrogens is 685 g/mol. The number of aliphatic hydroxyl groups is 1. The molecule has 47 heavy (non-hydrogen) atoms. The molecule has 5 N–H and O–H groups in total. The number of hydrogen-bond donors (Lipinski definition) is 5. The Bertz CT molecular complexity index is 1610. The summed E-state index contributed by atoms with van der Waals surface area (Å²) in [4.78, 5) is 67.8. The number of carbonyl (C=O) groups is 1. The molecule has 264 valence electrons. The molecule has 1 aromatic carbocycles. The van der Waals surface area contributed by atoms with Crippen LogP contribution in [0.1, 0.15) is 92.4 Å². The first-order valence-electron chi connectivity index (χ1n) is 15.0. The standard InChI is InChI=1S/C27H41N2O15P3/c1-3-4-5-6-7-8-9-10-22(30)21-13-11-20(12-14-21)17-40-45(34,35)43-47(38,39)44-46(36,37)41-18-24-23(31)15-25(42-24)29-16-19(2)26(32)28-27(29)33/h11-14,16,23-25,31H,3-10,15,17-18H2,1-2H3,(H,34,35)(H,36,37)(H,38,39)(H,28,32,33)/t23-,24+,25+/m0/s1. The van der Waals surface area contributed by atoms with Crippen molar-refractivity contribution in [2.75, 3.05) is 6.61 Å². The second-order valence-corrected chi connectivity index (χ2v) is 15.7. The zero-order valence-corrected chi connectivity index (χ0v) is 28.6. The fourth-order valence-corrected chi connectivity index (χ4v) is 8.15. The van der Waals surface area contributed by atoms with Crippen LogP contribution in [0.5, 0.6) is 0 Å². The molecule has 0 amide bonds.